The molecule has 0 aliphatic carbocycles. The van der Waals surface area contributed by atoms with Gasteiger partial charge in [-0.2, -0.15) is 0 Å². The molecule has 3 heteroatoms. The predicted molar refractivity (Wildman–Crippen MR) is 95.6 cm³/mol. The Kier molecular flexibility index (Phi) is 13.5. The Bertz CT molecular complexity index is 211. The molecule has 1 unspecified atom stereocenters. The van der Waals surface area contributed by atoms with Gasteiger partial charge in [0.1, 0.15) is 0 Å². The summed E-state index contributed by atoms with van der Waals surface area (Å²) in [5, 5.41) is 3.49. The molecule has 5 N–H and O–H groups in total. The Morgan fingerprint density at radius 3 is 1.76 bits per heavy atom. The average molecular weight is 300 g/mol. The average Bonchev–Trinajstić information content (AvgIpc) is 2.42. The highest BCUT2D eigenvalue weighted by Gasteiger charge is 2.23. The third-order valence-corrected chi connectivity index (χ3v) is 4.28. The van der Waals surface area contributed by atoms with Crippen LogP contribution in [0.4, 0.5) is 0 Å². The molecule has 0 aromatic heterocycles. The van der Waals surface area contributed by atoms with Crippen LogP contribution in [0.5, 0.6) is 0 Å². The van der Waals surface area contributed by atoms with E-state index in [1.807, 2.05) is 0 Å². The van der Waals surface area contributed by atoms with Crippen molar-refractivity contribution in [3.8, 4) is 0 Å². The van der Waals surface area contributed by atoms with Gasteiger partial charge in [0.2, 0.25) is 0 Å². The number of hydrogen-bond acceptors (Lipinski definition) is 3. The molecule has 0 fully saturated rings. The molecule has 0 amide bonds. The highest BCUT2D eigenvalue weighted by atomic mass is 15.0. The van der Waals surface area contributed by atoms with Crippen molar-refractivity contribution in [2.45, 2.75) is 103 Å². The zero-order chi connectivity index (χ0) is 16.0. The number of hydrogen-bond donors (Lipinski definition) is 3. The van der Waals surface area contributed by atoms with E-state index < -0.39 is 0 Å². The second kappa shape index (κ2) is 13.5. The first-order valence-electron chi connectivity index (χ1n) is 9.24. The summed E-state index contributed by atoms with van der Waals surface area (Å²) in [6.45, 7) is 8.04. The van der Waals surface area contributed by atoms with Gasteiger partial charge in [0.15, 0.2) is 0 Å². The van der Waals surface area contributed by atoms with Crippen LogP contribution >= 0.6 is 0 Å². The maximum absolute atomic E-state index is 6.24. The first-order valence-corrected chi connectivity index (χ1v) is 9.24. The first-order chi connectivity index (χ1) is 10.0. The van der Waals surface area contributed by atoms with Crippen molar-refractivity contribution in [3.63, 3.8) is 0 Å². The second-order valence-corrected chi connectivity index (χ2v) is 7.09. The second-order valence-electron chi connectivity index (χ2n) is 7.09. The molecule has 3 nitrogen and oxygen atoms in total. The molecule has 0 saturated heterocycles. The van der Waals surface area contributed by atoms with E-state index in [2.05, 4.69) is 26.1 Å². The fourth-order valence-electron chi connectivity index (χ4n) is 2.83. The first kappa shape index (κ1) is 20.9. The monoisotopic (exact) mass is 299 g/mol. The van der Waals surface area contributed by atoms with Crippen molar-refractivity contribution in [1.29, 1.82) is 0 Å². The Hall–Kier alpha value is -0.120. The molecular weight excluding hydrogens is 258 g/mol. The largest absolute Gasteiger partial charge is 0.329 e. The number of rotatable bonds is 15. The fraction of sp³-hybridized carbons (Fsp3) is 1.00. The van der Waals surface area contributed by atoms with Gasteiger partial charge in [0, 0.05) is 24.7 Å². The molecule has 0 heterocycles. The van der Waals surface area contributed by atoms with Gasteiger partial charge in [-0.25, -0.2) is 0 Å². The van der Waals surface area contributed by atoms with Crippen molar-refractivity contribution in [2.75, 3.05) is 13.1 Å². The molecule has 0 aromatic rings. The summed E-state index contributed by atoms with van der Waals surface area (Å²) in [7, 11) is 0. The van der Waals surface area contributed by atoms with Gasteiger partial charge >= 0.3 is 0 Å². The van der Waals surface area contributed by atoms with Crippen LogP contribution in [-0.2, 0) is 0 Å². The van der Waals surface area contributed by atoms with Gasteiger partial charge in [-0.05, 0) is 20.3 Å². The van der Waals surface area contributed by atoms with Crippen LogP contribution in [-0.4, -0.2) is 24.7 Å². The molecule has 0 aliphatic rings. The maximum Gasteiger partial charge on any atom is 0.0252 e. The van der Waals surface area contributed by atoms with E-state index in [1.165, 1.54) is 70.6 Å². The lowest BCUT2D eigenvalue weighted by Crippen LogP contribution is -2.53. The van der Waals surface area contributed by atoms with Crippen molar-refractivity contribution < 1.29 is 0 Å². The lowest BCUT2D eigenvalue weighted by Gasteiger charge is -2.31. The van der Waals surface area contributed by atoms with Crippen molar-refractivity contribution in [1.82, 2.24) is 5.32 Å². The lowest BCUT2D eigenvalue weighted by molar-refractivity contribution is 0.318. The minimum atomic E-state index is -0.158. The van der Waals surface area contributed by atoms with E-state index in [9.17, 15) is 0 Å². The highest BCUT2D eigenvalue weighted by molar-refractivity contribution is 4.88. The van der Waals surface area contributed by atoms with Gasteiger partial charge in [0.05, 0.1) is 0 Å². The Morgan fingerprint density at radius 2 is 1.33 bits per heavy atom. The van der Waals surface area contributed by atoms with Crippen LogP contribution in [0.3, 0.4) is 0 Å². The Balaban J connectivity index is 3.49. The molecule has 1 atom stereocenters. The SMILES string of the molecule is CCCCCCCCCCCCC(NCCN)C(C)(C)N. The van der Waals surface area contributed by atoms with Gasteiger partial charge < -0.3 is 16.8 Å². The molecule has 128 valence electrons. The van der Waals surface area contributed by atoms with Crippen LogP contribution < -0.4 is 16.8 Å². The zero-order valence-corrected chi connectivity index (χ0v) is 14.9. The normalized spacial score (nSPS) is 13.6. The summed E-state index contributed by atoms with van der Waals surface area (Å²) < 4.78 is 0. The third-order valence-electron chi connectivity index (χ3n) is 4.28. The van der Waals surface area contributed by atoms with Crippen LogP contribution in [0.2, 0.25) is 0 Å². The summed E-state index contributed by atoms with van der Waals surface area (Å²) in [6.07, 6.45) is 15.0. The molecule has 0 radical (unpaired) electrons. The topological polar surface area (TPSA) is 64.1 Å². The minimum absolute atomic E-state index is 0.158. The smallest absolute Gasteiger partial charge is 0.0252 e. The highest BCUT2D eigenvalue weighted by Crippen LogP contribution is 2.15. The van der Waals surface area contributed by atoms with Crippen molar-refractivity contribution in [3.05, 3.63) is 0 Å². The summed E-state index contributed by atoms with van der Waals surface area (Å²) in [4.78, 5) is 0. The standard InChI is InChI=1S/C18H41N3/c1-4-5-6-7-8-9-10-11-12-13-14-17(18(2,3)20)21-16-15-19/h17,21H,4-16,19-20H2,1-3H3. The third kappa shape index (κ3) is 13.3. The Morgan fingerprint density at radius 1 is 0.857 bits per heavy atom. The van der Waals surface area contributed by atoms with Crippen molar-refractivity contribution >= 4 is 0 Å². The van der Waals surface area contributed by atoms with Crippen molar-refractivity contribution in [2.24, 2.45) is 11.5 Å². The summed E-state index contributed by atoms with van der Waals surface area (Å²) in [6, 6.07) is 0.384. The van der Waals surface area contributed by atoms with E-state index in [-0.39, 0.29) is 5.54 Å². The van der Waals surface area contributed by atoms with E-state index in [0.717, 1.165) is 6.54 Å². The minimum Gasteiger partial charge on any atom is -0.329 e. The van der Waals surface area contributed by atoms with Gasteiger partial charge in [-0.1, -0.05) is 71.1 Å². The van der Waals surface area contributed by atoms with E-state index in [1.54, 1.807) is 0 Å². The lowest BCUT2D eigenvalue weighted by atomic mass is 9.91. The van der Waals surface area contributed by atoms with Crippen LogP contribution in [0, 0.1) is 0 Å². The number of unbranched alkanes of at least 4 members (excludes halogenated alkanes) is 9. The predicted octanol–water partition coefficient (Wildman–Crippen LogP) is 3.95. The molecule has 0 aliphatic heterocycles. The van der Waals surface area contributed by atoms with Crippen LogP contribution in [0.25, 0.3) is 0 Å². The van der Waals surface area contributed by atoms with Crippen LogP contribution in [0.15, 0.2) is 0 Å². The number of nitrogens with two attached hydrogens (primary N) is 2. The summed E-state index contributed by atoms with van der Waals surface area (Å²) in [5.74, 6) is 0. The summed E-state index contributed by atoms with van der Waals surface area (Å²) in [5.41, 5.74) is 11.6. The van der Waals surface area contributed by atoms with E-state index in [0.29, 0.717) is 12.6 Å². The van der Waals surface area contributed by atoms with Gasteiger partial charge in [0.25, 0.3) is 0 Å². The van der Waals surface area contributed by atoms with E-state index >= 15 is 0 Å². The molecule has 0 aromatic carbocycles. The van der Waals surface area contributed by atoms with Gasteiger partial charge in [-0.3, -0.25) is 0 Å². The summed E-state index contributed by atoms with van der Waals surface area (Å²) >= 11 is 0. The number of nitrogens with one attached hydrogen (secondary N) is 1. The Labute approximate surface area is 133 Å². The van der Waals surface area contributed by atoms with Crippen LogP contribution in [0.1, 0.15) is 91.4 Å². The molecule has 21 heavy (non-hydrogen) atoms. The molecule has 0 saturated carbocycles. The molecule has 0 spiro atoms. The fourth-order valence-corrected chi connectivity index (χ4v) is 2.83. The quantitative estimate of drug-likeness (QED) is 0.401. The zero-order valence-electron chi connectivity index (χ0n) is 14.9. The molecule has 0 bridgehead atoms. The maximum atomic E-state index is 6.24. The van der Waals surface area contributed by atoms with E-state index in [4.69, 9.17) is 11.5 Å². The molecule has 0 rings (SSSR count). The van der Waals surface area contributed by atoms with Gasteiger partial charge in [-0.15, -0.1) is 0 Å². The molecular formula is C18H41N3.